The minimum absolute atomic E-state index is 0.0444. The highest BCUT2D eigenvalue weighted by Gasteiger charge is 2.26. The van der Waals surface area contributed by atoms with Gasteiger partial charge in [-0.2, -0.15) is 0 Å². The third-order valence-corrected chi connectivity index (χ3v) is 3.75. The topological polar surface area (TPSA) is 41.1 Å². The molecular formula is C17H36N2O. The van der Waals surface area contributed by atoms with E-state index in [2.05, 4.69) is 52.2 Å². The SMILES string of the molecule is C[C@H](C(=O)NCCCCCCNC(C)(C)C)C(C)(C)C. The molecule has 0 aromatic carbocycles. The minimum atomic E-state index is 0.0444. The first-order valence-electron chi connectivity index (χ1n) is 8.07. The summed E-state index contributed by atoms with van der Waals surface area (Å²) in [4.78, 5) is 11.9. The number of rotatable bonds is 8. The zero-order valence-corrected chi connectivity index (χ0v) is 14.7. The van der Waals surface area contributed by atoms with E-state index in [0.717, 1.165) is 19.5 Å². The average Bonchev–Trinajstić information content (AvgIpc) is 2.28. The van der Waals surface area contributed by atoms with E-state index in [0.29, 0.717) is 0 Å². The van der Waals surface area contributed by atoms with Gasteiger partial charge in [0.15, 0.2) is 0 Å². The first-order chi connectivity index (χ1) is 9.04. The predicted molar refractivity (Wildman–Crippen MR) is 87.9 cm³/mol. The largest absolute Gasteiger partial charge is 0.356 e. The van der Waals surface area contributed by atoms with E-state index in [-0.39, 0.29) is 22.8 Å². The molecule has 0 aliphatic carbocycles. The van der Waals surface area contributed by atoms with Crippen molar-refractivity contribution in [3.05, 3.63) is 0 Å². The molecule has 0 saturated heterocycles. The average molecular weight is 284 g/mol. The van der Waals surface area contributed by atoms with Crippen molar-refractivity contribution >= 4 is 5.91 Å². The van der Waals surface area contributed by atoms with Crippen LogP contribution in [0.15, 0.2) is 0 Å². The van der Waals surface area contributed by atoms with Gasteiger partial charge in [-0.15, -0.1) is 0 Å². The van der Waals surface area contributed by atoms with Gasteiger partial charge < -0.3 is 10.6 Å². The van der Waals surface area contributed by atoms with Crippen LogP contribution in [-0.2, 0) is 4.79 Å². The van der Waals surface area contributed by atoms with Crippen LogP contribution in [0, 0.1) is 11.3 Å². The van der Waals surface area contributed by atoms with Crippen molar-refractivity contribution in [1.29, 1.82) is 0 Å². The molecule has 0 aromatic heterocycles. The third-order valence-electron chi connectivity index (χ3n) is 3.75. The first-order valence-corrected chi connectivity index (χ1v) is 8.07. The summed E-state index contributed by atoms with van der Waals surface area (Å²) in [5.74, 6) is 0.255. The zero-order chi connectivity index (χ0) is 15.8. The summed E-state index contributed by atoms with van der Waals surface area (Å²) in [6.45, 7) is 16.8. The second kappa shape index (κ2) is 8.66. The standard InChI is InChI=1S/C17H36N2O/c1-14(16(2,3)4)15(20)18-12-10-8-9-11-13-19-17(5,6)7/h14,19H,8-13H2,1-7H3,(H,18,20)/t14-/m1/s1. The molecule has 0 bridgehead atoms. The summed E-state index contributed by atoms with van der Waals surface area (Å²) in [6, 6.07) is 0. The van der Waals surface area contributed by atoms with Gasteiger partial charge in [0, 0.05) is 18.0 Å². The molecule has 3 heteroatoms. The van der Waals surface area contributed by atoms with Crippen molar-refractivity contribution in [2.45, 2.75) is 79.7 Å². The number of unbranched alkanes of at least 4 members (excludes halogenated alkanes) is 3. The number of hydrogen-bond donors (Lipinski definition) is 2. The van der Waals surface area contributed by atoms with Crippen LogP contribution in [0.3, 0.4) is 0 Å². The molecule has 0 aliphatic heterocycles. The van der Waals surface area contributed by atoms with E-state index < -0.39 is 0 Å². The van der Waals surface area contributed by atoms with Crippen molar-refractivity contribution < 1.29 is 4.79 Å². The molecule has 0 aromatic rings. The normalized spacial score (nSPS) is 14.2. The van der Waals surface area contributed by atoms with Gasteiger partial charge in [-0.05, 0) is 45.6 Å². The molecule has 0 aliphatic rings. The number of nitrogens with one attached hydrogen (secondary N) is 2. The lowest BCUT2D eigenvalue weighted by Crippen LogP contribution is -2.36. The molecule has 0 fully saturated rings. The molecule has 1 atom stereocenters. The number of amides is 1. The fourth-order valence-electron chi connectivity index (χ4n) is 1.82. The lowest BCUT2D eigenvalue weighted by Gasteiger charge is -2.26. The van der Waals surface area contributed by atoms with Crippen LogP contribution in [0.25, 0.3) is 0 Å². The second-order valence-electron chi connectivity index (χ2n) is 7.97. The number of carbonyl (C=O) groups excluding carboxylic acids is 1. The molecular weight excluding hydrogens is 248 g/mol. The van der Waals surface area contributed by atoms with Gasteiger partial charge in [0.2, 0.25) is 5.91 Å². The minimum Gasteiger partial charge on any atom is -0.356 e. The van der Waals surface area contributed by atoms with Gasteiger partial charge in [0.1, 0.15) is 0 Å². The molecule has 0 spiro atoms. The van der Waals surface area contributed by atoms with Crippen molar-refractivity contribution in [1.82, 2.24) is 10.6 Å². The van der Waals surface area contributed by atoms with E-state index in [9.17, 15) is 4.79 Å². The monoisotopic (exact) mass is 284 g/mol. The second-order valence-corrected chi connectivity index (χ2v) is 7.97. The molecule has 20 heavy (non-hydrogen) atoms. The Kier molecular flexibility index (Phi) is 8.41. The Hall–Kier alpha value is -0.570. The predicted octanol–water partition coefficient (Wildman–Crippen LogP) is 3.73. The Morgan fingerprint density at radius 3 is 1.85 bits per heavy atom. The molecule has 0 heterocycles. The van der Waals surface area contributed by atoms with Gasteiger partial charge in [-0.1, -0.05) is 40.5 Å². The highest BCUT2D eigenvalue weighted by Crippen LogP contribution is 2.25. The summed E-state index contributed by atoms with van der Waals surface area (Å²) in [6.07, 6.45) is 4.71. The van der Waals surface area contributed by atoms with E-state index in [1.165, 1.54) is 19.3 Å². The van der Waals surface area contributed by atoms with E-state index in [1.54, 1.807) is 0 Å². The van der Waals surface area contributed by atoms with E-state index in [1.807, 2.05) is 6.92 Å². The molecule has 3 nitrogen and oxygen atoms in total. The number of hydrogen-bond acceptors (Lipinski definition) is 2. The lowest BCUT2D eigenvalue weighted by atomic mass is 9.81. The van der Waals surface area contributed by atoms with Crippen LogP contribution in [0.5, 0.6) is 0 Å². The maximum atomic E-state index is 11.9. The summed E-state index contributed by atoms with van der Waals surface area (Å²) in [5.41, 5.74) is 0.264. The number of carbonyl (C=O) groups is 1. The fourth-order valence-corrected chi connectivity index (χ4v) is 1.82. The highest BCUT2D eigenvalue weighted by molar-refractivity contribution is 5.78. The molecule has 0 unspecified atom stereocenters. The zero-order valence-electron chi connectivity index (χ0n) is 14.7. The van der Waals surface area contributed by atoms with Crippen LogP contribution < -0.4 is 10.6 Å². The molecule has 1 amide bonds. The molecule has 0 rings (SSSR count). The molecule has 2 N–H and O–H groups in total. The highest BCUT2D eigenvalue weighted by atomic mass is 16.1. The van der Waals surface area contributed by atoms with Crippen LogP contribution in [0.1, 0.15) is 74.1 Å². The van der Waals surface area contributed by atoms with Gasteiger partial charge in [0.25, 0.3) is 0 Å². The Morgan fingerprint density at radius 1 is 0.900 bits per heavy atom. The summed E-state index contributed by atoms with van der Waals surface area (Å²) in [7, 11) is 0. The van der Waals surface area contributed by atoms with Crippen molar-refractivity contribution in [3.63, 3.8) is 0 Å². The van der Waals surface area contributed by atoms with E-state index >= 15 is 0 Å². The molecule has 120 valence electrons. The van der Waals surface area contributed by atoms with E-state index in [4.69, 9.17) is 0 Å². The Bertz CT molecular complexity index is 274. The Balaban J connectivity index is 3.52. The maximum absolute atomic E-state index is 11.9. The van der Waals surface area contributed by atoms with Crippen LogP contribution in [0.2, 0.25) is 0 Å². The Morgan fingerprint density at radius 2 is 1.40 bits per heavy atom. The van der Waals surface area contributed by atoms with Crippen LogP contribution in [-0.4, -0.2) is 24.5 Å². The summed E-state index contributed by atoms with van der Waals surface area (Å²) in [5, 5.41) is 6.54. The summed E-state index contributed by atoms with van der Waals surface area (Å²) < 4.78 is 0. The van der Waals surface area contributed by atoms with Crippen molar-refractivity contribution in [3.8, 4) is 0 Å². The van der Waals surface area contributed by atoms with Gasteiger partial charge in [-0.25, -0.2) is 0 Å². The first kappa shape index (κ1) is 19.4. The maximum Gasteiger partial charge on any atom is 0.223 e. The van der Waals surface area contributed by atoms with Crippen molar-refractivity contribution in [2.75, 3.05) is 13.1 Å². The fraction of sp³-hybridized carbons (Fsp3) is 0.941. The Labute approximate surface area is 126 Å². The van der Waals surface area contributed by atoms with Crippen LogP contribution >= 0.6 is 0 Å². The molecule has 0 saturated carbocycles. The lowest BCUT2D eigenvalue weighted by molar-refractivity contribution is -0.127. The van der Waals surface area contributed by atoms with Gasteiger partial charge in [0.05, 0.1) is 0 Å². The van der Waals surface area contributed by atoms with Crippen molar-refractivity contribution in [2.24, 2.45) is 11.3 Å². The summed E-state index contributed by atoms with van der Waals surface area (Å²) >= 11 is 0. The molecule has 0 radical (unpaired) electrons. The van der Waals surface area contributed by atoms with Crippen LogP contribution in [0.4, 0.5) is 0 Å². The quantitative estimate of drug-likeness (QED) is 0.667. The van der Waals surface area contributed by atoms with Gasteiger partial charge >= 0.3 is 0 Å². The third kappa shape index (κ3) is 10.2. The smallest absolute Gasteiger partial charge is 0.223 e. The van der Waals surface area contributed by atoms with Gasteiger partial charge in [-0.3, -0.25) is 4.79 Å².